The van der Waals surface area contributed by atoms with Crippen LogP contribution in [0.2, 0.25) is 0 Å². The monoisotopic (exact) mass is 289 g/mol. The Hall–Kier alpha value is -2.22. The van der Waals surface area contributed by atoms with Gasteiger partial charge in [-0.05, 0) is 6.07 Å². The normalized spacial score (nSPS) is 16.3. The predicted molar refractivity (Wildman–Crippen MR) is 75.6 cm³/mol. The van der Waals surface area contributed by atoms with E-state index in [1.165, 1.54) is 0 Å². The molecule has 3 heterocycles. The first-order valence-corrected chi connectivity index (χ1v) is 7.08. The molecule has 21 heavy (non-hydrogen) atoms. The maximum absolute atomic E-state index is 12.2. The number of aromatic nitrogens is 5. The Labute approximate surface area is 122 Å². The SMILES string of the molecule is Cn1cc(C(=O)N2CCN(CCn3cccn3)CC2)nn1. The second kappa shape index (κ2) is 6.04. The summed E-state index contributed by atoms with van der Waals surface area (Å²) in [7, 11) is 1.76. The van der Waals surface area contributed by atoms with E-state index >= 15 is 0 Å². The number of rotatable bonds is 4. The summed E-state index contributed by atoms with van der Waals surface area (Å²) in [6.45, 7) is 5.06. The molecule has 8 heteroatoms. The number of hydrogen-bond acceptors (Lipinski definition) is 5. The van der Waals surface area contributed by atoms with Gasteiger partial charge in [0.2, 0.25) is 0 Å². The molecule has 0 aromatic carbocycles. The van der Waals surface area contributed by atoms with Crippen molar-refractivity contribution in [2.24, 2.45) is 7.05 Å². The zero-order chi connectivity index (χ0) is 14.7. The largest absolute Gasteiger partial charge is 0.335 e. The highest BCUT2D eigenvalue weighted by molar-refractivity contribution is 5.92. The van der Waals surface area contributed by atoms with Crippen molar-refractivity contribution < 1.29 is 4.79 Å². The highest BCUT2D eigenvalue weighted by Crippen LogP contribution is 2.06. The summed E-state index contributed by atoms with van der Waals surface area (Å²) in [4.78, 5) is 16.4. The zero-order valence-corrected chi connectivity index (χ0v) is 12.1. The van der Waals surface area contributed by atoms with Gasteiger partial charge in [-0.3, -0.25) is 19.1 Å². The Morgan fingerprint density at radius 3 is 2.67 bits per heavy atom. The van der Waals surface area contributed by atoms with Crippen LogP contribution in [0.4, 0.5) is 0 Å². The Kier molecular flexibility index (Phi) is 3.96. The molecule has 0 saturated carbocycles. The number of carbonyl (C=O) groups excluding carboxylic acids is 1. The van der Waals surface area contributed by atoms with Crippen molar-refractivity contribution in [2.75, 3.05) is 32.7 Å². The standard InChI is InChI=1S/C13H19N7O/c1-17-11-12(15-16-17)13(21)19-8-5-18(6-9-19)7-10-20-4-2-3-14-20/h2-4,11H,5-10H2,1H3. The van der Waals surface area contributed by atoms with Crippen LogP contribution in [0.25, 0.3) is 0 Å². The number of amides is 1. The van der Waals surface area contributed by atoms with Gasteiger partial charge < -0.3 is 4.90 Å². The lowest BCUT2D eigenvalue weighted by Gasteiger charge is -2.34. The molecule has 1 aliphatic rings. The average molecular weight is 289 g/mol. The summed E-state index contributed by atoms with van der Waals surface area (Å²) in [5.74, 6) is -0.0326. The van der Waals surface area contributed by atoms with E-state index in [1.54, 1.807) is 24.1 Å². The third-order valence-corrected chi connectivity index (χ3v) is 3.69. The lowest BCUT2D eigenvalue weighted by atomic mass is 10.3. The minimum atomic E-state index is -0.0326. The maximum Gasteiger partial charge on any atom is 0.276 e. The van der Waals surface area contributed by atoms with E-state index in [1.807, 2.05) is 21.8 Å². The van der Waals surface area contributed by atoms with Crippen LogP contribution < -0.4 is 0 Å². The fraction of sp³-hybridized carbons (Fsp3) is 0.538. The lowest BCUT2D eigenvalue weighted by molar-refractivity contribution is 0.0626. The van der Waals surface area contributed by atoms with Crippen LogP contribution in [0.3, 0.4) is 0 Å². The number of piperazine rings is 1. The summed E-state index contributed by atoms with van der Waals surface area (Å²) >= 11 is 0. The highest BCUT2D eigenvalue weighted by Gasteiger charge is 2.23. The first-order chi connectivity index (χ1) is 10.2. The van der Waals surface area contributed by atoms with Crippen LogP contribution in [0.15, 0.2) is 24.7 Å². The van der Waals surface area contributed by atoms with E-state index < -0.39 is 0 Å². The van der Waals surface area contributed by atoms with Crippen LogP contribution >= 0.6 is 0 Å². The lowest BCUT2D eigenvalue weighted by Crippen LogP contribution is -2.49. The van der Waals surface area contributed by atoms with Crippen LogP contribution in [0.1, 0.15) is 10.5 Å². The first kappa shape index (κ1) is 13.7. The van der Waals surface area contributed by atoms with Gasteiger partial charge in [0.25, 0.3) is 5.91 Å². The van der Waals surface area contributed by atoms with Crippen molar-refractivity contribution in [3.63, 3.8) is 0 Å². The van der Waals surface area contributed by atoms with Gasteiger partial charge in [0.1, 0.15) is 0 Å². The molecular weight excluding hydrogens is 270 g/mol. The smallest absolute Gasteiger partial charge is 0.276 e. The fourth-order valence-electron chi connectivity index (χ4n) is 2.46. The molecule has 0 N–H and O–H groups in total. The van der Waals surface area contributed by atoms with Crippen LogP contribution in [-0.2, 0) is 13.6 Å². The van der Waals surface area contributed by atoms with Gasteiger partial charge >= 0.3 is 0 Å². The van der Waals surface area contributed by atoms with Crippen molar-refractivity contribution in [3.8, 4) is 0 Å². The van der Waals surface area contributed by atoms with E-state index in [4.69, 9.17) is 0 Å². The van der Waals surface area contributed by atoms with Gasteiger partial charge in [-0.2, -0.15) is 5.10 Å². The van der Waals surface area contributed by atoms with E-state index in [0.717, 1.165) is 39.3 Å². The number of carbonyl (C=O) groups is 1. The molecular formula is C13H19N7O. The van der Waals surface area contributed by atoms with Crippen molar-refractivity contribution in [3.05, 3.63) is 30.4 Å². The minimum Gasteiger partial charge on any atom is -0.335 e. The van der Waals surface area contributed by atoms with Gasteiger partial charge in [0.15, 0.2) is 5.69 Å². The number of aryl methyl sites for hydroxylation is 1. The van der Waals surface area contributed by atoms with Gasteiger partial charge in [-0.15, -0.1) is 5.10 Å². The molecule has 1 amide bonds. The van der Waals surface area contributed by atoms with Gasteiger partial charge in [0.05, 0.1) is 12.7 Å². The molecule has 2 aromatic heterocycles. The van der Waals surface area contributed by atoms with Crippen molar-refractivity contribution >= 4 is 5.91 Å². The molecule has 3 rings (SSSR count). The predicted octanol–water partition coefficient (Wildman–Crippen LogP) is -0.530. The van der Waals surface area contributed by atoms with Crippen LogP contribution in [0, 0.1) is 0 Å². The van der Waals surface area contributed by atoms with Crippen LogP contribution in [-0.4, -0.2) is 73.2 Å². The highest BCUT2D eigenvalue weighted by atomic mass is 16.2. The third-order valence-electron chi connectivity index (χ3n) is 3.69. The first-order valence-electron chi connectivity index (χ1n) is 7.08. The Bertz CT molecular complexity index is 583. The van der Waals surface area contributed by atoms with E-state index in [0.29, 0.717) is 5.69 Å². The van der Waals surface area contributed by atoms with Gasteiger partial charge in [-0.25, -0.2) is 0 Å². The average Bonchev–Trinajstić information content (AvgIpc) is 3.16. The summed E-state index contributed by atoms with van der Waals surface area (Å²) in [6, 6.07) is 1.93. The molecule has 1 fully saturated rings. The molecule has 0 radical (unpaired) electrons. The molecule has 0 unspecified atom stereocenters. The molecule has 1 aliphatic heterocycles. The number of nitrogens with zero attached hydrogens (tertiary/aromatic N) is 7. The van der Waals surface area contributed by atoms with Crippen molar-refractivity contribution in [2.45, 2.75) is 6.54 Å². The summed E-state index contributed by atoms with van der Waals surface area (Å²) in [5, 5.41) is 11.9. The molecule has 112 valence electrons. The van der Waals surface area contributed by atoms with Crippen LogP contribution in [0.5, 0.6) is 0 Å². The molecule has 1 saturated heterocycles. The second-order valence-electron chi connectivity index (χ2n) is 5.18. The van der Waals surface area contributed by atoms with Gasteiger partial charge in [0, 0.05) is 52.2 Å². The third kappa shape index (κ3) is 3.27. The molecule has 0 aliphatic carbocycles. The summed E-state index contributed by atoms with van der Waals surface area (Å²) in [6.07, 6.45) is 5.41. The minimum absolute atomic E-state index is 0.0326. The second-order valence-corrected chi connectivity index (χ2v) is 5.18. The molecule has 2 aromatic rings. The Morgan fingerprint density at radius 2 is 2.05 bits per heavy atom. The number of hydrogen-bond donors (Lipinski definition) is 0. The van der Waals surface area contributed by atoms with Crippen molar-refractivity contribution in [1.82, 2.24) is 34.6 Å². The van der Waals surface area contributed by atoms with Crippen molar-refractivity contribution in [1.29, 1.82) is 0 Å². The van der Waals surface area contributed by atoms with E-state index in [2.05, 4.69) is 20.3 Å². The van der Waals surface area contributed by atoms with E-state index in [9.17, 15) is 4.79 Å². The quantitative estimate of drug-likeness (QED) is 0.756. The molecule has 0 atom stereocenters. The maximum atomic E-state index is 12.2. The fourth-order valence-corrected chi connectivity index (χ4v) is 2.46. The molecule has 0 bridgehead atoms. The van der Waals surface area contributed by atoms with E-state index in [-0.39, 0.29) is 5.91 Å². The Balaban J connectivity index is 1.47. The molecule has 8 nitrogen and oxygen atoms in total. The zero-order valence-electron chi connectivity index (χ0n) is 12.1. The molecule has 0 spiro atoms. The van der Waals surface area contributed by atoms with Gasteiger partial charge in [-0.1, -0.05) is 5.21 Å². The summed E-state index contributed by atoms with van der Waals surface area (Å²) < 4.78 is 3.48. The topological polar surface area (TPSA) is 72.1 Å². The summed E-state index contributed by atoms with van der Waals surface area (Å²) in [5.41, 5.74) is 0.419. The Morgan fingerprint density at radius 1 is 1.24 bits per heavy atom.